The van der Waals surface area contributed by atoms with Crippen molar-refractivity contribution >= 4 is 18.1 Å². The molecule has 1 unspecified atom stereocenters. The van der Waals surface area contributed by atoms with Crippen LogP contribution in [0.1, 0.15) is 43.4 Å². The lowest BCUT2D eigenvalue weighted by atomic mass is 10.1. The molecule has 1 N–H and O–H groups in total. The van der Waals surface area contributed by atoms with E-state index in [0.29, 0.717) is 25.3 Å². The maximum atomic E-state index is 12.9. The summed E-state index contributed by atoms with van der Waals surface area (Å²) < 4.78 is 12.9. The van der Waals surface area contributed by atoms with Crippen LogP contribution in [0.2, 0.25) is 0 Å². The van der Waals surface area contributed by atoms with Gasteiger partial charge in [-0.15, -0.1) is 5.10 Å². The summed E-state index contributed by atoms with van der Waals surface area (Å²) in [5, 5.41) is 10.7. The summed E-state index contributed by atoms with van der Waals surface area (Å²) in [4.78, 5) is 31.4. The second-order valence-electron chi connectivity index (χ2n) is 9.18. The number of oxazole rings is 1. The van der Waals surface area contributed by atoms with Crippen LogP contribution in [0.4, 0.5) is 4.79 Å². The second kappa shape index (κ2) is 9.50. The zero-order valence-corrected chi connectivity index (χ0v) is 19.5. The summed E-state index contributed by atoms with van der Waals surface area (Å²) in [5.41, 5.74) is 1.11. The molecule has 2 aromatic heterocycles. The topological polar surface area (TPSA) is 115 Å². The van der Waals surface area contributed by atoms with Gasteiger partial charge in [-0.1, -0.05) is 36.1 Å². The monoisotopic (exact) mass is 464 g/mol. The highest BCUT2D eigenvalue weighted by Gasteiger charge is 2.39. The minimum absolute atomic E-state index is 0.0393. The molecular formula is C24H28N6O4. The van der Waals surface area contributed by atoms with Gasteiger partial charge in [0, 0.05) is 24.3 Å². The number of nitrogens with zero attached hydrogens (tertiary/aromatic N) is 5. The van der Waals surface area contributed by atoms with Crippen LogP contribution in [0.25, 0.3) is 17.4 Å². The van der Waals surface area contributed by atoms with Gasteiger partial charge in [0.05, 0.1) is 25.0 Å². The minimum Gasteiger partial charge on any atom is -0.444 e. The molecule has 1 aromatic carbocycles. The summed E-state index contributed by atoms with van der Waals surface area (Å²) in [6, 6.07) is 7.07. The van der Waals surface area contributed by atoms with Crippen LogP contribution in [0.15, 0.2) is 53.9 Å². The van der Waals surface area contributed by atoms with E-state index < -0.39 is 17.6 Å². The molecule has 10 nitrogen and oxygen atoms in total. The van der Waals surface area contributed by atoms with Gasteiger partial charge in [-0.3, -0.25) is 9.48 Å². The zero-order valence-electron chi connectivity index (χ0n) is 19.5. The summed E-state index contributed by atoms with van der Waals surface area (Å²) in [5.74, 6) is 0.00364. The fraction of sp³-hybridized carbons (Fsp3) is 0.375. The van der Waals surface area contributed by atoms with Crippen molar-refractivity contribution in [3.05, 3.63) is 60.9 Å². The maximum absolute atomic E-state index is 12.9. The van der Waals surface area contributed by atoms with Crippen LogP contribution < -0.4 is 5.32 Å². The van der Waals surface area contributed by atoms with E-state index in [0.717, 1.165) is 11.1 Å². The molecule has 0 radical (unpaired) electrons. The summed E-state index contributed by atoms with van der Waals surface area (Å²) in [6.07, 6.45) is 6.66. The first kappa shape index (κ1) is 23.2. The van der Waals surface area contributed by atoms with Crippen LogP contribution in [0.3, 0.4) is 0 Å². The summed E-state index contributed by atoms with van der Waals surface area (Å²) in [7, 11) is 0. The zero-order chi connectivity index (χ0) is 24.3. The fourth-order valence-corrected chi connectivity index (χ4v) is 3.86. The third kappa shape index (κ3) is 5.51. The Morgan fingerprint density at radius 3 is 2.88 bits per heavy atom. The number of amides is 2. The van der Waals surface area contributed by atoms with Crippen molar-refractivity contribution in [3.8, 4) is 11.3 Å². The van der Waals surface area contributed by atoms with Gasteiger partial charge in [-0.2, -0.15) is 0 Å². The van der Waals surface area contributed by atoms with Crippen LogP contribution in [0, 0.1) is 0 Å². The van der Waals surface area contributed by atoms with E-state index in [9.17, 15) is 9.59 Å². The molecule has 1 aliphatic heterocycles. The van der Waals surface area contributed by atoms with Gasteiger partial charge in [0.15, 0.2) is 5.76 Å². The molecule has 10 heteroatoms. The highest BCUT2D eigenvalue weighted by molar-refractivity contribution is 5.90. The number of nitrogens with one attached hydrogen (secondary N) is 1. The van der Waals surface area contributed by atoms with E-state index in [-0.39, 0.29) is 18.0 Å². The molecule has 0 saturated carbocycles. The Bertz CT molecular complexity index is 1160. The average Bonchev–Trinajstić information content (AvgIpc) is 3.54. The standard InChI is InChI=1S/C24H28N6O4/c1-5-16-7-6-8-17(11-16)20-13-25-22(33-20)21(31)27-18-12-19(15-29-10-9-26-28-29)30(14-18)23(32)34-24(2,3)4/h5-11,13,18-19H,1,12,14-15H2,2-4H3,(H,27,31)/t18?,19-/m1/s1. The highest BCUT2D eigenvalue weighted by atomic mass is 16.6. The molecule has 0 bridgehead atoms. The van der Waals surface area contributed by atoms with Crippen LogP contribution >= 0.6 is 0 Å². The van der Waals surface area contributed by atoms with Gasteiger partial charge >= 0.3 is 12.0 Å². The number of ether oxygens (including phenoxy) is 1. The molecule has 3 aromatic rings. The Morgan fingerprint density at radius 2 is 2.18 bits per heavy atom. The summed E-state index contributed by atoms with van der Waals surface area (Å²) >= 11 is 0. The Kier molecular flexibility index (Phi) is 6.49. The Balaban J connectivity index is 1.45. The van der Waals surface area contributed by atoms with Crippen molar-refractivity contribution in [2.75, 3.05) is 6.54 Å². The average molecular weight is 465 g/mol. The maximum Gasteiger partial charge on any atom is 0.410 e. The van der Waals surface area contributed by atoms with Gasteiger partial charge in [-0.05, 0) is 38.8 Å². The lowest BCUT2D eigenvalue weighted by Gasteiger charge is -2.28. The number of hydrogen-bond donors (Lipinski definition) is 1. The largest absolute Gasteiger partial charge is 0.444 e. The third-order valence-electron chi connectivity index (χ3n) is 5.35. The normalized spacial score (nSPS) is 18.0. The fourth-order valence-electron chi connectivity index (χ4n) is 3.86. The van der Waals surface area contributed by atoms with Crippen molar-refractivity contribution in [1.29, 1.82) is 0 Å². The highest BCUT2D eigenvalue weighted by Crippen LogP contribution is 2.24. The number of aromatic nitrogens is 4. The van der Waals surface area contributed by atoms with Crippen LogP contribution in [-0.2, 0) is 11.3 Å². The molecule has 34 heavy (non-hydrogen) atoms. The van der Waals surface area contributed by atoms with Gasteiger partial charge in [0.2, 0.25) is 0 Å². The second-order valence-corrected chi connectivity index (χ2v) is 9.18. The molecule has 0 aliphatic carbocycles. The Morgan fingerprint density at radius 1 is 1.35 bits per heavy atom. The Hall–Kier alpha value is -3.95. The van der Waals surface area contributed by atoms with Crippen molar-refractivity contribution in [2.45, 2.75) is 51.4 Å². The lowest BCUT2D eigenvalue weighted by molar-refractivity contribution is 0.0207. The molecule has 1 fully saturated rings. The van der Waals surface area contributed by atoms with E-state index in [2.05, 4.69) is 27.2 Å². The number of likely N-dealkylation sites (tertiary alicyclic amines) is 1. The lowest BCUT2D eigenvalue weighted by Crippen LogP contribution is -2.43. The van der Waals surface area contributed by atoms with Crippen molar-refractivity contribution in [3.63, 3.8) is 0 Å². The molecule has 3 heterocycles. The SMILES string of the molecule is C=Cc1cccc(-c2cnc(C(=O)NC3C[C@H](Cn4ccnn4)N(C(=O)OC(C)(C)C)C3)o2)c1. The van der Waals surface area contributed by atoms with Crippen LogP contribution in [0.5, 0.6) is 0 Å². The van der Waals surface area contributed by atoms with Crippen molar-refractivity contribution in [2.24, 2.45) is 0 Å². The predicted octanol–water partition coefficient (Wildman–Crippen LogP) is 3.38. The van der Waals surface area contributed by atoms with Gasteiger partial charge in [0.1, 0.15) is 5.60 Å². The van der Waals surface area contributed by atoms with E-state index in [1.807, 2.05) is 45.0 Å². The van der Waals surface area contributed by atoms with Crippen molar-refractivity contribution < 1.29 is 18.7 Å². The smallest absolute Gasteiger partial charge is 0.410 e. The van der Waals surface area contributed by atoms with Gasteiger partial charge < -0.3 is 19.4 Å². The number of carbonyl (C=O) groups excluding carboxylic acids is 2. The summed E-state index contributed by atoms with van der Waals surface area (Å²) in [6.45, 7) is 9.96. The van der Waals surface area contributed by atoms with Gasteiger partial charge in [-0.25, -0.2) is 9.78 Å². The number of benzene rings is 1. The van der Waals surface area contributed by atoms with Crippen molar-refractivity contribution in [1.82, 2.24) is 30.2 Å². The van der Waals surface area contributed by atoms with Gasteiger partial charge in [0.25, 0.3) is 5.89 Å². The molecule has 2 amide bonds. The first-order valence-electron chi connectivity index (χ1n) is 11.0. The van der Waals surface area contributed by atoms with E-state index >= 15 is 0 Å². The quantitative estimate of drug-likeness (QED) is 0.594. The van der Waals surface area contributed by atoms with Crippen LogP contribution in [-0.4, -0.2) is 61.1 Å². The molecule has 0 spiro atoms. The van der Waals surface area contributed by atoms with E-state index in [4.69, 9.17) is 9.15 Å². The molecule has 4 rings (SSSR count). The molecule has 1 aliphatic rings. The number of rotatable bonds is 6. The van der Waals surface area contributed by atoms with E-state index in [1.165, 1.54) is 6.20 Å². The third-order valence-corrected chi connectivity index (χ3v) is 5.35. The predicted molar refractivity (Wildman–Crippen MR) is 125 cm³/mol. The molecule has 178 valence electrons. The minimum atomic E-state index is -0.631. The molecule has 2 atom stereocenters. The molecule has 1 saturated heterocycles. The molecular weight excluding hydrogens is 436 g/mol. The first-order valence-corrected chi connectivity index (χ1v) is 11.0. The first-order chi connectivity index (χ1) is 16.2. The van der Waals surface area contributed by atoms with E-state index in [1.54, 1.807) is 28.1 Å². The number of carbonyl (C=O) groups is 2. The Labute approximate surface area is 197 Å². The number of hydrogen-bond acceptors (Lipinski definition) is 7.